The van der Waals surface area contributed by atoms with Crippen molar-refractivity contribution in [3.63, 3.8) is 0 Å². The zero-order valence-corrected chi connectivity index (χ0v) is 12.2. The fourth-order valence-electron chi connectivity index (χ4n) is 2.08. The molecule has 1 atom stereocenters. The standard InChI is InChI=1S/C14H15N3O2S/c1-9-3-5-10(6-4-9)12-15-16-14(17(12)2)20-11-7-8-19-13(11)18/h3-6,11H,7-8H2,1-2H3/t11-/m1/s1. The average Bonchev–Trinajstić information content (AvgIpc) is 3.00. The van der Waals surface area contributed by atoms with E-state index in [1.54, 1.807) is 0 Å². The lowest BCUT2D eigenvalue weighted by Crippen LogP contribution is -2.10. The molecule has 0 radical (unpaired) electrons. The molecule has 0 spiro atoms. The molecule has 1 aliphatic heterocycles. The SMILES string of the molecule is Cc1ccc(-c2nnc(S[C@@H]3CCOC3=O)n2C)cc1. The highest BCUT2D eigenvalue weighted by Gasteiger charge is 2.29. The molecular formula is C14H15N3O2S. The molecule has 104 valence electrons. The van der Waals surface area contributed by atoms with Crippen LogP contribution in [0, 0.1) is 6.92 Å². The van der Waals surface area contributed by atoms with Crippen molar-refractivity contribution in [3.8, 4) is 11.4 Å². The van der Waals surface area contributed by atoms with Gasteiger partial charge < -0.3 is 9.30 Å². The molecule has 1 saturated heterocycles. The number of carbonyl (C=O) groups is 1. The molecule has 1 aromatic carbocycles. The van der Waals surface area contributed by atoms with Gasteiger partial charge in [-0.2, -0.15) is 0 Å². The van der Waals surface area contributed by atoms with Crippen molar-refractivity contribution in [3.05, 3.63) is 29.8 Å². The van der Waals surface area contributed by atoms with Crippen molar-refractivity contribution in [1.82, 2.24) is 14.8 Å². The smallest absolute Gasteiger partial charge is 0.319 e. The zero-order chi connectivity index (χ0) is 14.1. The summed E-state index contributed by atoms with van der Waals surface area (Å²) in [6.45, 7) is 2.55. The van der Waals surface area contributed by atoms with E-state index < -0.39 is 0 Å². The van der Waals surface area contributed by atoms with Gasteiger partial charge in [0.15, 0.2) is 11.0 Å². The Hall–Kier alpha value is -1.82. The normalized spacial score (nSPS) is 18.3. The van der Waals surface area contributed by atoms with E-state index >= 15 is 0 Å². The van der Waals surface area contributed by atoms with Gasteiger partial charge in [-0.3, -0.25) is 4.79 Å². The minimum atomic E-state index is -0.163. The second-order valence-electron chi connectivity index (χ2n) is 4.79. The molecule has 0 amide bonds. The molecule has 0 bridgehead atoms. The van der Waals surface area contributed by atoms with Crippen LogP contribution in [0.15, 0.2) is 29.4 Å². The Labute approximate surface area is 121 Å². The van der Waals surface area contributed by atoms with Crippen molar-refractivity contribution in [2.75, 3.05) is 6.61 Å². The Bertz CT molecular complexity index is 636. The average molecular weight is 289 g/mol. The number of aromatic nitrogens is 3. The Morgan fingerprint density at radius 3 is 2.70 bits per heavy atom. The van der Waals surface area contributed by atoms with Crippen molar-refractivity contribution >= 4 is 17.7 Å². The van der Waals surface area contributed by atoms with E-state index in [4.69, 9.17) is 4.74 Å². The Morgan fingerprint density at radius 2 is 2.05 bits per heavy atom. The third kappa shape index (κ3) is 2.43. The lowest BCUT2D eigenvalue weighted by molar-refractivity contribution is -0.137. The van der Waals surface area contributed by atoms with Gasteiger partial charge in [0.1, 0.15) is 5.25 Å². The van der Waals surface area contributed by atoms with Crippen LogP contribution in [0.25, 0.3) is 11.4 Å². The first kappa shape index (κ1) is 13.2. The van der Waals surface area contributed by atoms with E-state index in [1.165, 1.54) is 17.3 Å². The minimum Gasteiger partial charge on any atom is -0.465 e. The number of rotatable bonds is 3. The number of benzene rings is 1. The number of carbonyl (C=O) groups excluding carboxylic acids is 1. The summed E-state index contributed by atoms with van der Waals surface area (Å²) in [7, 11) is 1.91. The summed E-state index contributed by atoms with van der Waals surface area (Å²) in [6.07, 6.45) is 0.732. The molecule has 3 rings (SSSR count). The van der Waals surface area contributed by atoms with Gasteiger partial charge in [-0.15, -0.1) is 10.2 Å². The van der Waals surface area contributed by atoms with Crippen LogP contribution in [0.3, 0.4) is 0 Å². The first-order valence-electron chi connectivity index (χ1n) is 6.45. The molecule has 0 unspecified atom stereocenters. The molecule has 2 heterocycles. The van der Waals surface area contributed by atoms with Gasteiger partial charge in [0.2, 0.25) is 0 Å². The number of aryl methyl sites for hydroxylation is 1. The lowest BCUT2D eigenvalue weighted by Gasteiger charge is -2.06. The molecule has 0 saturated carbocycles. The van der Waals surface area contributed by atoms with E-state index in [2.05, 4.69) is 10.2 Å². The number of cyclic esters (lactones) is 1. The lowest BCUT2D eigenvalue weighted by atomic mass is 10.1. The maximum atomic E-state index is 11.5. The zero-order valence-electron chi connectivity index (χ0n) is 11.4. The van der Waals surface area contributed by atoms with Crippen molar-refractivity contribution in [1.29, 1.82) is 0 Å². The summed E-state index contributed by atoms with van der Waals surface area (Å²) >= 11 is 1.42. The van der Waals surface area contributed by atoms with Gasteiger partial charge in [-0.25, -0.2) is 0 Å². The first-order chi connectivity index (χ1) is 9.65. The van der Waals surface area contributed by atoms with Crippen LogP contribution in [0.1, 0.15) is 12.0 Å². The molecular weight excluding hydrogens is 274 g/mol. The number of nitrogens with zero attached hydrogens (tertiary/aromatic N) is 3. The third-order valence-electron chi connectivity index (χ3n) is 3.28. The molecule has 2 aromatic rings. The molecule has 6 heteroatoms. The predicted octanol–water partition coefficient (Wildman–Crippen LogP) is 2.20. The van der Waals surface area contributed by atoms with Gasteiger partial charge >= 0.3 is 5.97 Å². The largest absolute Gasteiger partial charge is 0.465 e. The molecule has 0 N–H and O–H groups in total. The van der Waals surface area contributed by atoms with Crippen molar-refractivity contribution in [2.24, 2.45) is 7.05 Å². The highest BCUT2D eigenvalue weighted by Crippen LogP contribution is 2.30. The van der Waals surface area contributed by atoms with Crippen molar-refractivity contribution in [2.45, 2.75) is 23.8 Å². The highest BCUT2D eigenvalue weighted by molar-refractivity contribution is 8.00. The number of esters is 1. The van der Waals surface area contributed by atoms with Crippen LogP contribution in [-0.2, 0) is 16.6 Å². The van der Waals surface area contributed by atoms with Gasteiger partial charge in [-0.1, -0.05) is 41.6 Å². The molecule has 20 heavy (non-hydrogen) atoms. The quantitative estimate of drug-likeness (QED) is 0.811. The summed E-state index contributed by atoms with van der Waals surface area (Å²) in [5.41, 5.74) is 2.23. The van der Waals surface area contributed by atoms with Gasteiger partial charge in [0.25, 0.3) is 0 Å². The second-order valence-corrected chi connectivity index (χ2v) is 5.96. The molecule has 5 nitrogen and oxygen atoms in total. The molecule has 1 fully saturated rings. The summed E-state index contributed by atoms with van der Waals surface area (Å²) in [6, 6.07) is 8.14. The Morgan fingerprint density at radius 1 is 1.30 bits per heavy atom. The van der Waals surface area contributed by atoms with E-state index in [0.717, 1.165) is 23.0 Å². The molecule has 1 aromatic heterocycles. The van der Waals surface area contributed by atoms with Crippen LogP contribution in [0.5, 0.6) is 0 Å². The molecule has 0 aliphatic carbocycles. The van der Waals surface area contributed by atoms with Crippen LogP contribution >= 0.6 is 11.8 Å². The van der Waals surface area contributed by atoms with Gasteiger partial charge in [0.05, 0.1) is 6.61 Å². The van der Waals surface area contributed by atoms with Crippen LogP contribution in [0.4, 0.5) is 0 Å². The summed E-state index contributed by atoms with van der Waals surface area (Å²) in [4.78, 5) is 11.5. The fraction of sp³-hybridized carbons (Fsp3) is 0.357. The van der Waals surface area contributed by atoms with Gasteiger partial charge in [-0.05, 0) is 6.92 Å². The minimum absolute atomic E-state index is 0.158. The number of ether oxygens (including phenoxy) is 1. The van der Waals surface area contributed by atoms with E-state index in [0.29, 0.717) is 6.61 Å². The summed E-state index contributed by atoms with van der Waals surface area (Å²) in [5.74, 6) is 0.647. The van der Waals surface area contributed by atoms with Crippen LogP contribution in [-0.4, -0.2) is 32.6 Å². The maximum Gasteiger partial charge on any atom is 0.319 e. The van der Waals surface area contributed by atoms with E-state index in [-0.39, 0.29) is 11.2 Å². The van der Waals surface area contributed by atoms with E-state index in [1.807, 2.05) is 42.8 Å². The summed E-state index contributed by atoms with van der Waals surface area (Å²) in [5, 5.41) is 8.98. The Kier molecular flexibility index (Phi) is 3.48. The number of thioether (sulfide) groups is 1. The third-order valence-corrected chi connectivity index (χ3v) is 4.56. The van der Waals surface area contributed by atoms with Gasteiger partial charge in [0, 0.05) is 19.0 Å². The van der Waals surface area contributed by atoms with Crippen LogP contribution in [0.2, 0.25) is 0 Å². The van der Waals surface area contributed by atoms with Crippen molar-refractivity contribution < 1.29 is 9.53 Å². The summed E-state index contributed by atoms with van der Waals surface area (Å²) < 4.78 is 6.88. The molecule has 1 aliphatic rings. The second kappa shape index (κ2) is 5.28. The first-order valence-corrected chi connectivity index (χ1v) is 7.33. The fourth-order valence-corrected chi connectivity index (χ4v) is 3.05. The predicted molar refractivity (Wildman–Crippen MR) is 76.4 cm³/mol. The number of hydrogen-bond acceptors (Lipinski definition) is 5. The Balaban J connectivity index is 1.85. The topological polar surface area (TPSA) is 57.0 Å². The van der Waals surface area contributed by atoms with E-state index in [9.17, 15) is 4.79 Å². The monoisotopic (exact) mass is 289 g/mol. The maximum absolute atomic E-state index is 11.5. The highest BCUT2D eigenvalue weighted by atomic mass is 32.2. The van der Waals surface area contributed by atoms with Crippen LogP contribution < -0.4 is 0 Å². The number of hydrogen-bond donors (Lipinski definition) is 0.